The molecule has 3 aromatic rings. The molecule has 2 aromatic carbocycles. The number of rotatable bonds is 6. The maximum atomic E-state index is 13.3. The van der Waals surface area contributed by atoms with Crippen molar-refractivity contribution in [3.63, 3.8) is 0 Å². The zero-order valence-electron chi connectivity index (χ0n) is 18.7. The lowest BCUT2D eigenvalue weighted by Gasteiger charge is -2.27. The Kier molecular flexibility index (Phi) is 6.26. The normalized spacial score (nSPS) is 15.1. The van der Waals surface area contributed by atoms with Crippen molar-refractivity contribution in [1.82, 2.24) is 9.29 Å². The second-order valence-electron chi connectivity index (χ2n) is 8.15. The van der Waals surface area contributed by atoms with Crippen LogP contribution in [-0.2, 0) is 10.0 Å². The third-order valence-corrected chi connectivity index (χ3v) is 7.92. The molecule has 8 heteroatoms. The molecule has 7 nitrogen and oxygen atoms in total. The van der Waals surface area contributed by atoms with E-state index in [-0.39, 0.29) is 10.8 Å². The number of anilines is 1. The van der Waals surface area contributed by atoms with E-state index in [1.165, 1.54) is 10.4 Å². The molecule has 0 aliphatic carbocycles. The van der Waals surface area contributed by atoms with E-state index >= 15 is 0 Å². The first-order valence-electron chi connectivity index (χ1n) is 11.0. The summed E-state index contributed by atoms with van der Waals surface area (Å²) in [4.78, 5) is 16.3. The van der Waals surface area contributed by atoms with Gasteiger partial charge in [-0.3, -0.25) is 4.79 Å². The van der Waals surface area contributed by atoms with Crippen LogP contribution in [0.15, 0.2) is 41.3 Å². The van der Waals surface area contributed by atoms with Crippen molar-refractivity contribution in [1.29, 1.82) is 0 Å². The lowest BCUT2D eigenvalue weighted by atomic mass is 10.1. The fourth-order valence-corrected chi connectivity index (χ4v) is 5.79. The van der Waals surface area contributed by atoms with Crippen molar-refractivity contribution in [2.75, 3.05) is 25.0 Å². The Morgan fingerprint density at radius 3 is 2.56 bits per heavy atom. The lowest BCUT2D eigenvalue weighted by molar-refractivity contribution is 0.102. The predicted octanol–water partition coefficient (Wildman–Crippen LogP) is 4.61. The van der Waals surface area contributed by atoms with Gasteiger partial charge in [0, 0.05) is 40.9 Å². The highest BCUT2D eigenvalue weighted by molar-refractivity contribution is 7.89. The largest absolute Gasteiger partial charge is 0.492 e. The summed E-state index contributed by atoms with van der Waals surface area (Å²) in [6, 6.07) is 10.3. The zero-order valence-corrected chi connectivity index (χ0v) is 19.5. The van der Waals surface area contributed by atoms with Crippen molar-refractivity contribution in [3.05, 3.63) is 53.2 Å². The minimum Gasteiger partial charge on any atom is -0.492 e. The summed E-state index contributed by atoms with van der Waals surface area (Å²) in [5.74, 6) is 0.00606. The summed E-state index contributed by atoms with van der Waals surface area (Å²) >= 11 is 0. The first-order chi connectivity index (χ1) is 15.3. The zero-order chi connectivity index (χ0) is 22.9. The molecule has 170 valence electrons. The summed E-state index contributed by atoms with van der Waals surface area (Å²) in [5, 5.41) is 3.84. The molecule has 2 N–H and O–H groups in total. The molecule has 0 atom stereocenters. The van der Waals surface area contributed by atoms with Gasteiger partial charge >= 0.3 is 0 Å². The van der Waals surface area contributed by atoms with Crippen molar-refractivity contribution >= 4 is 32.5 Å². The average Bonchev–Trinajstić information content (AvgIpc) is 3.08. The molecule has 0 bridgehead atoms. The van der Waals surface area contributed by atoms with E-state index < -0.39 is 10.0 Å². The van der Waals surface area contributed by atoms with Gasteiger partial charge in [0.25, 0.3) is 5.91 Å². The third kappa shape index (κ3) is 4.25. The van der Waals surface area contributed by atoms with Gasteiger partial charge in [0.05, 0.1) is 6.61 Å². The Balaban J connectivity index is 1.65. The molecule has 1 saturated heterocycles. The van der Waals surface area contributed by atoms with Gasteiger partial charge in [0.15, 0.2) is 0 Å². The second-order valence-corrected chi connectivity index (χ2v) is 10.1. The van der Waals surface area contributed by atoms with Crippen LogP contribution >= 0.6 is 0 Å². The van der Waals surface area contributed by atoms with Gasteiger partial charge < -0.3 is 15.0 Å². The second kappa shape index (κ2) is 8.96. The molecule has 0 saturated carbocycles. The number of carbonyl (C=O) groups is 1. The standard InChI is InChI=1S/C24H29N3O4S/c1-4-31-22-11-9-19(15-23(22)32(29,30)27-12-6-5-7-13-27)26-24(28)18-8-10-21-20(14-18)16(2)17(3)25-21/h8-11,14-15,25H,4-7,12-13H2,1-3H3,(H,26,28). The summed E-state index contributed by atoms with van der Waals surface area (Å²) < 4.78 is 33.7. The van der Waals surface area contributed by atoms with E-state index in [1.807, 2.05) is 32.9 Å². The minimum absolute atomic E-state index is 0.0894. The number of nitrogens with zero attached hydrogens (tertiary/aromatic N) is 1. The van der Waals surface area contributed by atoms with Gasteiger partial charge in [0.1, 0.15) is 10.6 Å². The number of piperidine rings is 1. The number of H-pyrrole nitrogens is 1. The monoisotopic (exact) mass is 455 g/mol. The van der Waals surface area contributed by atoms with Crippen molar-refractivity contribution < 1.29 is 17.9 Å². The number of aromatic amines is 1. The smallest absolute Gasteiger partial charge is 0.255 e. The fraction of sp³-hybridized carbons (Fsp3) is 0.375. The van der Waals surface area contributed by atoms with E-state index in [0.29, 0.717) is 36.7 Å². The van der Waals surface area contributed by atoms with E-state index in [2.05, 4.69) is 10.3 Å². The molecule has 0 unspecified atom stereocenters. The average molecular weight is 456 g/mol. The molecule has 4 rings (SSSR count). The van der Waals surface area contributed by atoms with Gasteiger partial charge in [-0.25, -0.2) is 8.42 Å². The number of aromatic nitrogens is 1. The molecule has 1 amide bonds. The number of fused-ring (bicyclic) bond motifs is 1. The summed E-state index contributed by atoms with van der Waals surface area (Å²) in [6.07, 6.45) is 2.73. The van der Waals surface area contributed by atoms with Gasteiger partial charge in [0.2, 0.25) is 10.0 Å². The third-order valence-electron chi connectivity index (χ3n) is 6.00. The van der Waals surface area contributed by atoms with Crippen LogP contribution in [0, 0.1) is 13.8 Å². The summed E-state index contributed by atoms with van der Waals surface area (Å²) in [7, 11) is -3.72. The highest BCUT2D eigenvalue weighted by Gasteiger charge is 2.29. The van der Waals surface area contributed by atoms with E-state index in [9.17, 15) is 13.2 Å². The minimum atomic E-state index is -3.72. The Morgan fingerprint density at radius 2 is 1.84 bits per heavy atom. The highest BCUT2D eigenvalue weighted by Crippen LogP contribution is 2.32. The maximum absolute atomic E-state index is 13.3. The highest BCUT2D eigenvalue weighted by atomic mass is 32.2. The Labute approximate surface area is 188 Å². The molecule has 1 aliphatic rings. The number of amides is 1. The molecular weight excluding hydrogens is 426 g/mol. The van der Waals surface area contributed by atoms with Gasteiger partial charge in [-0.15, -0.1) is 0 Å². The molecular formula is C24H29N3O4S. The van der Waals surface area contributed by atoms with Gasteiger partial charge in [-0.1, -0.05) is 6.42 Å². The Hall–Kier alpha value is -2.84. The molecule has 1 fully saturated rings. The first kappa shape index (κ1) is 22.4. The lowest BCUT2D eigenvalue weighted by Crippen LogP contribution is -2.35. The van der Waals surface area contributed by atoms with Crippen LogP contribution < -0.4 is 10.1 Å². The Bertz CT molecular complexity index is 1260. The summed E-state index contributed by atoms with van der Waals surface area (Å²) in [6.45, 7) is 7.18. The fourth-order valence-electron chi connectivity index (χ4n) is 4.11. The predicted molar refractivity (Wildman–Crippen MR) is 126 cm³/mol. The van der Waals surface area contributed by atoms with E-state index in [0.717, 1.165) is 41.4 Å². The summed E-state index contributed by atoms with van der Waals surface area (Å²) in [5.41, 5.74) is 4.07. The number of hydrogen-bond acceptors (Lipinski definition) is 4. The molecule has 2 heterocycles. The van der Waals surface area contributed by atoms with Crippen molar-refractivity contribution in [3.8, 4) is 5.75 Å². The molecule has 32 heavy (non-hydrogen) atoms. The van der Waals surface area contributed by atoms with Crippen LogP contribution in [0.3, 0.4) is 0 Å². The number of hydrogen-bond donors (Lipinski definition) is 2. The van der Waals surface area contributed by atoms with Crippen LogP contribution in [0.5, 0.6) is 5.75 Å². The number of ether oxygens (including phenoxy) is 1. The van der Waals surface area contributed by atoms with Crippen LogP contribution in [0.4, 0.5) is 5.69 Å². The van der Waals surface area contributed by atoms with Crippen LogP contribution in [0.25, 0.3) is 10.9 Å². The SMILES string of the molecule is CCOc1ccc(NC(=O)c2ccc3[nH]c(C)c(C)c3c2)cc1S(=O)(=O)N1CCCCC1. The number of aryl methyl sites for hydroxylation is 2. The number of carbonyl (C=O) groups excluding carboxylic acids is 1. The first-order valence-corrected chi connectivity index (χ1v) is 12.4. The molecule has 0 radical (unpaired) electrons. The van der Waals surface area contributed by atoms with Crippen LogP contribution in [-0.4, -0.2) is 43.3 Å². The molecule has 0 spiro atoms. The number of nitrogens with one attached hydrogen (secondary N) is 2. The van der Waals surface area contributed by atoms with E-state index in [1.54, 1.807) is 18.2 Å². The molecule has 1 aromatic heterocycles. The number of benzene rings is 2. The van der Waals surface area contributed by atoms with Crippen LogP contribution in [0.2, 0.25) is 0 Å². The number of sulfonamides is 1. The quantitative estimate of drug-likeness (QED) is 0.568. The molecule has 1 aliphatic heterocycles. The van der Waals surface area contributed by atoms with Gasteiger partial charge in [-0.05, 0) is 75.6 Å². The van der Waals surface area contributed by atoms with Crippen LogP contribution in [0.1, 0.15) is 47.8 Å². The topological polar surface area (TPSA) is 91.5 Å². The Morgan fingerprint density at radius 1 is 1.09 bits per heavy atom. The van der Waals surface area contributed by atoms with E-state index in [4.69, 9.17) is 4.74 Å². The van der Waals surface area contributed by atoms with Crippen molar-refractivity contribution in [2.24, 2.45) is 0 Å². The van der Waals surface area contributed by atoms with Crippen molar-refractivity contribution in [2.45, 2.75) is 44.9 Å². The maximum Gasteiger partial charge on any atom is 0.255 e. The van der Waals surface area contributed by atoms with Gasteiger partial charge in [-0.2, -0.15) is 4.31 Å².